The Kier molecular flexibility index (Phi) is 6.37. The van der Waals surface area contributed by atoms with E-state index in [1.165, 1.54) is 0 Å². The largest absolute Gasteiger partial charge is 0.481 e. The maximum atomic E-state index is 11.0. The summed E-state index contributed by atoms with van der Waals surface area (Å²) in [5.74, 6) is -4.82. The molecule has 0 aromatic rings. The minimum Gasteiger partial charge on any atom is -0.481 e. The molecule has 0 aromatic carbocycles. The Labute approximate surface area is 98.6 Å². The highest BCUT2D eigenvalue weighted by Gasteiger charge is 2.45. The predicted octanol–water partition coefficient (Wildman–Crippen LogP) is 0.898. The maximum absolute atomic E-state index is 11.0. The molecule has 4 N–H and O–H groups in total. The summed E-state index contributed by atoms with van der Waals surface area (Å²) in [6.07, 6.45) is 1.87. The standard InChI is InChI=1S/C9H17O7P/c1-2-3-4-5-6(8(10)11)7(9(12)13)17(14,15)16/h6-7H,2-5H2,1H3,(H,10,11)(H,12,13)(H2,14,15,16). The zero-order valence-corrected chi connectivity index (χ0v) is 10.3. The lowest BCUT2D eigenvalue weighted by molar-refractivity contribution is -0.148. The van der Waals surface area contributed by atoms with Crippen LogP contribution >= 0.6 is 7.60 Å². The van der Waals surface area contributed by atoms with E-state index in [-0.39, 0.29) is 6.42 Å². The lowest BCUT2D eigenvalue weighted by Gasteiger charge is -2.21. The fourth-order valence-electron chi connectivity index (χ4n) is 1.58. The second-order valence-electron chi connectivity index (χ2n) is 3.81. The number of hydrogen-bond donors (Lipinski definition) is 4. The molecule has 0 heterocycles. The Morgan fingerprint density at radius 1 is 1.12 bits per heavy atom. The zero-order valence-electron chi connectivity index (χ0n) is 9.44. The molecule has 0 amide bonds. The van der Waals surface area contributed by atoms with E-state index in [9.17, 15) is 14.2 Å². The fraction of sp³-hybridized carbons (Fsp3) is 0.778. The molecule has 0 aliphatic heterocycles. The summed E-state index contributed by atoms with van der Waals surface area (Å²) >= 11 is 0. The summed E-state index contributed by atoms with van der Waals surface area (Å²) in [5, 5.41) is 17.6. The van der Waals surface area contributed by atoms with Crippen LogP contribution in [0.25, 0.3) is 0 Å². The van der Waals surface area contributed by atoms with Gasteiger partial charge in [-0.1, -0.05) is 26.2 Å². The Bertz CT molecular complexity index is 321. The van der Waals surface area contributed by atoms with Crippen LogP contribution in [0.3, 0.4) is 0 Å². The first kappa shape index (κ1) is 16.1. The molecule has 0 spiro atoms. The molecule has 8 heteroatoms. The molecule has 0 rings (SSSR count). The van der Waals surface area contributed by atoms with Crippen molar-refractivity contribution in [2.75, 3.05) is 0 Å². The van der Waals surface area contributed by atoms with Gasteiger partial charge in [0.1, 0.15) is 0 Å². The number of carboxylic acids is 2. The quantitative estimate of drug-likeness (QED) is 0.379. The summed E-state index contributed by atoms with van der Waals surface area (Å²) in [6, 6.07) is 0. The highest BCUT2D eigenvalue weighted by molar-refractivity contribution is 7.53. The number of rotatable bonds is 8. The molecule has 0 bridgehead atoms. The number of hydrogen-bond acceptors (Lipinski definition) is 3. The van der Waals surface area contributed by atoms with Gasteiger partial charge in [0.2, 0.25) is 0 Å². The van der Waals surface area contributed by atoms with Gasteiger partial charge in [-0.25, -0.2) is 0 Å². The van der Waals surface area contributed by atoms with Crippen molar-refractivity contribution >= 4 is 19.5 Å². The van der Waals surface area contributed by atoms with Crippen LogP contribution in [0, 0.1) is 5.92 Å². The number of carbonyl (C=O) groups is 2. The molecule has 2 unspecified atom stereocenters. The normalized spacial score (nSPS) is 15.2. The van der Waals surface area contributed by atoms with Gasteiger partial charge in [0.05, 0.1) is 5.92 Å². The number of unbranched alkanes of at least 4 members (excludes halogenated alkanes) is 2. The molecule has 0 aliphatic rings. The molecular formula is C9H17O7P. The molecule has 0 saturated carbocycles. The topological polar surface area (TPSA) is 132 Å². The molecule has 0 aliphatic carbocycles. The summed E-state index contributed by atoms with van der Waals surface area (Å²) in [4.78, 5) is 39.4. The van der Waals surface area contributed by atoms with Gasteiger partial charge in [-0.15, -0.1) is 0 Å². The molecule has 0 aromatic heterocycles. The number of aliphatic carboxylic acids is 2. The van der Waals surface area contributed by atoms with Gasteiger partial charge in [0.15, 0.2) is 5.66 Å². The lowest BCUT2D eigenvalue weighted by Crippen LogP contribution is -2.34. The Morgan fingerprint density at radius 2 is 1.65 bits per heavy atom. The van der Waals surface area contributed by atoms with Crippen molar-refractivity contribution in [3.05, 3.63) is 0 Å². The first-order chi connectivity index (χ1) is 7.71. The predicted molar refractivity (Wildman–Crippen MR) is 58.7 cm³/mol. The van der Waals surface area contributed by atoms with Crippen LogP contribution in [0.2, 0.25) is 0 Å². The number of carboxylic acid groups (broad SMARTS) is 2. The second-order valence-corrected chi connectivity index (χ2v) is 5.55. The Hall–Kier alpha value is -0.910. The van der Waals surface area contributed by atoms with Crippen molar-refractivity contribution in [1.29, 1.82) is 0 Å². The van der Waals surface area contributed by atoms with Gasteiger partial charge >= 0.3 is 19.5 Å². The van der Waals surface area contributed by atoms with Crippen LogP contribution in [0.15, 0.2) is 0 Å². The van der Waals surface area contributed by atoms with E-state index in [0.717, 1.165) is 6.42 Å². The Balaban J connectivity index is 4.92. The molecule has 0 saturated heterocycles. The summed E-state index contributed by atoms with van der Waals surface area (Å²) < 4.78 is 11.0. The minimum atomic E-state index is -4.97. The average molecular weight is 268 g/mol. The molecule has 7 nitrogen and oxygen atoms in total. The third-order valence-electron chi connectivity index (χ3n) is 2.43. The lowest BCUT2D eigenvalue weighted by atomic mass is 9.97. The monoisotopic (exact) mass is 268 g/mol. The zero-order chi connectivity index (χ0) is 13.6. The van der Waals surface area contributed by atoms with Crippen molar-refractivity contribution in [2.24, 2.45) is 5.92 Å². The highest BCUT2D eigenvalue weighted by Crippen LogP contribution is 2.46. The van der Waals surface area contributed by atoms with Gasteiger partial charge < -0.3 is 20.0 Å². The van der Waals surface area contributed by atoms with Crippen molar-refractivity contribution in [1.82, 2.24) is 0 Å². The maximum Gasteiger partial charge on any atom is 0.340 e. The third-order valence-corrected chi connectivity index (χ3v) is 3.74. The SMILES string of the molecule is CCCCCC(C(=O)O)C(C(=O)O)P(=O)(O)O. The van der Waals surface area contributed by atoms with Crippen LogP contribution < -0.4 is 0 Å². The van der Waals surface area contributed by atoms with Gasteiger partial charge in [-0.2, -0.15) is 0 Å². The smallest absolute Gasteiger partial charge is 0.340 e. The van der Waals surface area contributed by atoms with E-state index in [1.54, 1.807) is 0 Å². The first-order valence-corrected chi connectivity index (χ1v) is 6.90. The molecule has 100 valence electrons. The van der Waals surface area contributed by atoms with Crippen molar-refractivity contribution in [3.63, 3.8) is 0 Å². The van der Waals surface area contributed by atoms with E-state index in [2.05, 4.69) is 0 Å². The van der Waals surface area contributed by atoms with Gasteiger partial charge in [0.25, 0.3) is 0 Å². The van der Waals surface area contributed by atoms with E-state index in [1.807, 2.05) is 6.92 Å². The van der Waals surface area contributed by atoms with Crippen molar-refractivity contribution in [3.8, 4) is 0 Å². The molecule has 17 heavy (non-hydrogen) atoms. The molecule has 0 radical (unpaired) electrons. The van der Waals surface area contributed by atoms with Crippen molar-refractivity contribution < 1.29 is 34.2 Å². The van der Waals surface area contributed by atoms with Gasteiger partial charge in [0, 0.05) is 0 Å². The van der Waals surface area contributed by atoms with Crippen molar-refractivity contribution in [2.45, 2.75) is 38.3 Å². The Morgan fingerprint density at radius 3 is 1.94 bits per heavy atom. The second kappa shape index (κ2) is 6.74. The van der Waals surface area contributed by atoms with Crippen LogP contribution in [0.1, 0.15) is 32.6 Å². The first-order valence-electron chi connectivity index (χ1n) is 5.22. The van der Waals surface area contributed by atoms with Crippen LogP contribution in [-0.2, 0) is 14.2 Å². The molecule has 2 atom stereocenters. The van der Waals surface area contributed by atoms with Gasteiger partial charge in [-0.05, 0) is 6.42 Å². The van der Waals surface area contributed by atoms with Crippen LogP contribution in [0.5, 0.6) is 0 Å². The van der Waals surface area contributed by atoms with Crippen LogP contribution in [-0.4, -0.2) is 37.6 Å². The third kappa shape index (κ3) is 5.30. The van der Waals surface area contributed by atoms with E-state index < -0.39 is 31.1 Å². The van der Waals surface area contributed by atoms with E-state index in [4.69, 9.17) is 20.0 Å². The average Bonchev–Trinajstić information content (AvgIpc) is 2.13. The molecular weight excluding hydrogens is 251 g/mol. The van der Waals surface area contributed by atoms with E-state index in [0.29, 0.717) is 12.8 Å². The van der Waals surface area contributed by atoms with E-state index >= 15 is 0 Å². The summed E-state index contributed by atoms with van der Waals surface area (Å²) in [7, 11) is -4.97. The van der Waals surface area contributed by atoms with Gasteiger partial charge in [-0.3, -0.25) is 14.2 Å². The van der Waals surface area contributed by atoms with Crippen LogP contribution in [0.4, 0.5) is 0 Å². The summed E-state index contributed by atoms with van der Waals surface area (Å²) in [6.45, 7) is 1.88. The minimum absolute atomic E-state index is 0.0503. The highest BCUT2D eigenvalue weighted by atomic mass is 31.2. The summed E-state index contributed by atoms with van der Waals surface area (Å²) in [5.41, 5.74) is -2.17. The molecule has 0 fully saturated rings. The fourth-order valence-corrected chi connectivity index (χ4v) is 2.61.